The van der Waals surface area contributed by atoms with Gasteiger partial charge in [-0.2, -0.15) is 0 Å². The van der Waals surface area contributed by atoms with Gasteiger partial charge in [-0.1, -0.05) is 18.2 Å². The Bertz CT molecular complexity index is 765. The van der Waals surface area contributed by atoms with Gasteiger partial charge in [0, 0.05) is 5.69 Å². The van der Waals surface area contributed by atoms with E-state index in [0.29, 0.717) is 5.69 Å². The van der Waals surface area contributed by atoms with Crippen LogP contribution in [0.2, 0.25) is 0 Å². The molecule has 142 valence electrons. The molecule has 1 heterocycles. The Hall–Kier alpha value is -2.70. The van der Waals surface area contributed by atoms with Crippen molar-refractivity contribution in [2.75, 3.05) is 11.9 Å². The third kappa shape index (κ3) is 3.01. The number of benzene rings is 1. The predicted octanol–water partition coefficient (Wildman–Crippen LogP) is 1.59. The van der Waals surface area contributed by atoms with Crippen molar-refractivity contribution in [3.05, 3.63) is 30.3 Å². The lowest BCUT2D eigenvalue weighted by Crippen LogP contribution is -2.45. The first-order valence-electron chi connectivity index (χ1n) is 9.36. The summed E-state index contributed by atoms with van der Waals surface area (Å²) in [5.74, 6) is -1.74. The molecule has 3 aliphatic rings. The van der Waals surface area contributed by atoms with Crippen LogP contribution in [0, 0.1) is 23.7 Å². The first-order valence-corrected chi connectivity index (χ1v) is 9.36. The molecule has 0 aromatic heterocycles. The van der Waals surface area contributed by atoms with Gasteiger partial charge in [-0.25, -0.2) is 4.79 Å². The van der Waals surface area contributed by atoms with E-state index in [1.807, 2.05) is 6.07 Å². The van der Waals surface area contributed by atoms with E-state index >= 15 is 0 Å². The number of rotatable bonds is 5. The maximum absolute atomic E-state index is 12.7. The van der Waals surface area contributed by atoms with E-state index in [2.05, 4.69) is 5.32 Å². The molecule has 1 aliphatic heterocycles. The normalized spacial score (nSPS) is 29.6. The second kappa shape index (κ2) is 6.79. The minimum atomic E-state index is -1.01. The number of esters is 1. The van der Waals surface area contributed by atoms with Crippen LogP contribution in [0.15, 0.2) is 30.3 Å². The fourth-order valence-electron chi connectivity index (χ4n) is 4.89. The number of ether oxygens (including phenoxy) is 1. The van der Waals surface area contributed by atoms with Gasteiger partial charge < -0.3 is 10.1 Å². The number of fused-ring (bicyclic) bond motifs is 5. The largest absolute Gasteiger partial charge is 0.454 e. The Morgan fingerprint density at radius 2 is 1.70 bits per heavy atom. The van der Waals surface area contributed by atoms with Gasteiger partial charge in [-0.15, -0.1) is 0 Å². The van der Waals surface area contributed by atoms with Crippen molar-refractivity contribution in [3.63, 3.8) is 0 Å². The summed E-state index contributed by atoms with van der Waals surface area (Å²) in [5.41, 5.74) is 0.597. The third-order valence-electron chi connectivity index (χ3n) is 6.09. The molecule has 7 nitrogen and oxygen atoms in total. The number of amides is 3. The summed E-state index contributed by atoms with van der Waals surface area (Å²) >= 11 is 0. The quantitative estimate of drug-likeness (QED) is 0.628. The smallest absolute Gasteiger partial charge is 0.329 e. The summed E-state index contributed by atoms with van der Waals surface area (Å²) in [6.07, 6.45) is 2.91. The van der Waals surface area contributed by atoms with Gasteiger partial charge in [0.15, 0.2) is 6.61 Å². The summed E-state index contributed by atoms with van der Waals surface area (Å²) in [7, 11) is 0. The van der Waals surface area contributed by atoms with Crippen LogP contribution in [-0.4, -0.2) is 41.2 Å². The minimum Gasteiger partial charge on any atom is -0.454 e. The summed E-state index contributed by atoms with van der Waals surface area (Å²) < 4.78 is 5.04. The van der Waals surface area contributed by atoms with Gasteiger partial charge in [-0.05, 0) is 50.2 Å². The molecule has 5 atom stereocenters. The number of hydrogen-bond acceptors (Lipinski definition) is 5. The second-order valence-electron chi connectivity index (χ2n) is 7.63. The van der Waals surface area contributed by atoms with Crippen molar-refractivity contribution in [2.24, 2.45) is 23.7 Å². The van der Waals surface area contributed by atoms with Crippen LogP contribution >= 0.6 is 0 Å². The lowest BCUT2D eigenvalue weighted by molar-refractivity contribution is -0.159. The van der Waals surface area contributed by atoms with Crippen molar-refractivity contribution >= 4 is 29.4 Å². The van der Waals surface area contributed by atoms with E-state index in [4.69, 9.17) is 4.74 Å². The average molecular weight is 370 g/mol. The van der Waals surface area contributed by atoms with Gasteiger partial charge in [0.05, 0.1) is 11.8 Å². The molecular formula is C20H22N2O5. The van der Waals surface area contributed by atoms with Crippen LogP contribution in [0.25, 0.3) is 0 Å². The van der Waals surface area contributed by atoms with E-state index in [9.17, 15) is 19.2 Å². The molecule has 27 heavy (non-hydrogen) atoms. The van der Waals surface area contributed by atoms with Crippen LogP contribution in [0.5, 0.6) is 0 Å². The molecule has 3 fully saturated rings. The number of likely N-dealkylation sites (tertiary alicyclic amines) is 1. The fraction of sp³-hybridized carbons (Fsp3) is 0.500. The highest BCUT2D eigenvalue weighted by Crippen LogP contribution is 2.56. The van der Waals surface area contributed by atoms with Crippen molar-refractivity contribution in [2.45, 2.75) is 32.2 Å². The molecule has 2 bridgehead atoms. The highest BCUT2D eigenvalue weighted by molar-refractivity contribution is 6.08. The summed E-state index contributed by atoms with van der Waals surface area (Å²) in [5, 5.41) is 2.61. The van der Waals surface area contributed by atoms with E-state index in [0.717, 1.165) is 24.2 Å². The zero-order chi connectivity index (χ0) is 19.1. The molecule has 2 aliphatic carbocycles. The van der Waals surface area contributed by atoms with E-state index in [1.165, 1.54) is 6.92 Å². The summed E-state index contributed by atoms with van der Waals surface area (Å²) in [4.78, 5) is 50.8. The maximum atomic E-state index is 12.7. The molecule has 1 aromatic rings. The van der Waals surface area contributed by atoms with Crippen molar-refractivity contribution in [1.29, 1.82) is 0 Å². The zero-order valence-corrected chi connectivity index (χ0v) is 15.1. The van der Waals surface area contributed by atoms with Crippen LogP contribution in [0.4, 0.5) is 5.69 Å². The summed E-state index contributed by atoms with van der Waals surface area (Å²) in [6, 6.07) is 7.80. The SMILES string of the molecule is C[C@@H](C(=O)OCC(=O)Nc1ccccc1)N1C(=O)[C@H]2[C@@H]3CC[C@@H](C3)[C@@H]2C1=O. The number of para-hydroxylation sites is 1. The standard InChI is InChI=1S/C20H22N2O5/c1-11(20(26)27-10-15(23)21-14-5-3-2-4-6-14)22-18(24)16-12-7-8-13(9-12)17(16)19(22)25/h2-6,11-13,16-17H,7-10H2,1H3,(H,21,23)/t11-,12-,13+,16-,17-/m0/s1. The molecule has 0 spiro atoms. The molecule has 1 N–H and O–H groups in total. The molecular weight excluding hydrogens is 348 g/mol. The Balaban J connectivity index is 1.35. The topological polar surface area (TPSA) is 92.8 Å². The van der Waals surface area contributed by atoms with E-state index < -0.39 is 24.5 Å². The van der Waals surface area contributed by atoms with Gasteiger partial charge >= 0.3 is 5.97 Å². The Morgan fingerprint density at radius 3 is 2.30 bits per heavy atom. The highest BCUT2D eigenvalue weighted by atomic mass is 16.5. The van der Waals surface area contributed by atoms with E-state index in [-0.39, 0.29) is 35.5 Å². The van der Waals surface area contributed by atoms with Gasteiger partial charge in [0.2, 0.25) is 11.8 Å². The molecule has 7 heteroatoms. The lowest BCUT2D eigenvalue weighted by Gasteiger charge is -2.23. The number of nitrogens with one attached hydrogen (secondary N) is 1. The summed E-state index contributed by atoms with van der Waals surface area (Å²) in [6.45, 7) is 1.02. The predicted molar refractivity (Wildman–Crippen MR) is 95.2 cm³/mol. The van der Waals surface area contributed by atoms with Crippen molar-refractivity contribution < 1.29 is 23.9 Å². The Labute approximate surface area is 157 Å². The number of imide groups is 1. The third-order valence-corrected chi connectivity index (χ3v) is 6.09. The molecule has 1 aromatic carbocycles. The van der Waals surface area contributed by atoms with Crippen molar-refractivity contribution in [1.82, 2.24) is 4.90 Å². The van der Waals surface area contributed by atoms with Gasteiger partial charge in [0.25, 0.3) is 5.91 Å². The molecule has 2 saturated carbocycles. The van der Waals surface area contributed by atoms with Crippen LogP contribution in [0.3, 0.4) is 0 Å². The first-order chi connectivity index (χ1) is 13.0. The van der Waals surface area contributed by atoms with Crippen LogP contribution in [-0.2, 0) is 23.9 Å². The number of carbonyl (C=O) groups is 4. The average Bonchev–Trinajstić information content (AvgIpc) is 3.34. The van der Waals surface area contributed by atoms with E-state index in [1.54, 1.807) is 24.3 Å². The first kappa shape index (κ1) is 17.7. The maximum Gasteiger partial charge on any atom is 0.329 e. The minimum absolute atomic E-state index is 0.254. The number of nitrogens with zero attached hydrogens (tertiary/aromatic N) is 1. The monoisotopic (exact) mass is 370 g/mol. The highest BCUT2D eigenvalue weighted by Gasteiger charge is 2.62. The lowest BCUT2D eigenvalue weighted by atomic mass is 9.81. The van der Waals surface area contributed by atoms with Crippen molar-refractivity contribution in [3.8, 4) is 0 Å². The van der Waals surface area contributed by atoms with Crippen LogP contribution in [0.1, 0.15) is 26.2 Å². The Morgan fingerprint density at radius 1 is 1.11 bits per heavy atom. The van der Waals surface area contributed by atoms with Crippen LogP contribution < -0.4 is 5.32 Å². The van der Waals surface area contributed by atoms with Gasteiger partial charge in [-0.3, -0.25) is 19.3 Å². The molecule has 4 rings (SSSR count). The number of carbonyl (C=O) groups excluding carboxylic acids is 4. The fourth-order valence-corrected chi connectivity index (χ4v) is 4.89. The number of anilines is 1. The molecule has 3 amide bonds. The molecule has 0 radical (unpaired) electrons. The second-order valence-corrected chi connectivity index (χ2v) is 7.63. The number of hydrogen-bond donors (Lipinski definition) is 1. The molecule has 0 unspecified atom stereocenters. The Kier molecular flexibility index (Phi) is 4.45. The zero-order valence-electron chi connectivity index (χ0n) is 15.1. The van der Waals surface area contributed by atoms with Gasteiger partial charge in [0.1, 0.15) is 6.04 Å². The molecule has 1 saturated heterocycles.